The van der Waals surface area contributed by atoms with Crippen molar-refractivity contribution in [1.29, 1.82) is 0 Å². The molecule has 0 spiro atoms. The van der Waals surface area contributed by atoms with E-state index < -0.39 is 0 Å². The van der Waals surface area contributed by atoms with Crippen LogP contribution in [0.3, 0.4) is 0 Å². The molecule has 1 aliphatic rings. The van der Waals surface area contributed by atoms with Crippen molar-refractivity contribution in [2.45, 2.75) is 31.9 Å². The molecule has 1 aromatic carbocycles. The number of carbonyl (C=O) groups excluding carboxylic acids is 1. The SMILES string of the molecule is COc1ccc(OCc2cc(C(=O)N3CCCC[C@@H]3CO)no2)c(Cl)c1. The Bertz CT molecular complexity index is 764. The Balaban J connectivity index is 1.63. The lowest BCUT2D eigenvalue weighted by Crippen LogP contribution is -2.45. The Labute approximate surface area is 156 Å². The first-order valence-electron chi connectivity index (χ1n) is 8.46. The summed E-state index contributed by atoms with van der Waals surface area (Å²) in [4.78, 5) is 14.3. The van der Waals surface area contributed by atoms with Gasteiger partial charge in [0.1, 0.15) is 18.1 Å². The Morgan fingerprint density at radius 3 is 3.00 bits per heavy atom. The molecule has 1 saturated heterocycles. The van der Waals surface area contributed by atoms with Gasteiger partial charge in [0, 0.05) is 18.7 Å². The van der Waals surface area contributed by atoms with E-state index in [-0.39, 0.29) is 30.9 Å². The van der Waals surface area contributed by atoms with Crippen molar-refractivity contribution in [1.82, 2.24) is 10.1 Å². The number of methoxy groups -OCH3 is 1. The van der Waals surface area contributed by atoms with Gasteiger partial charge in [0.25, 0.3) is 5.91 Å². The third-order valence-electron chi connectivity index (χ3n) is 4.39. The molecule has 0 saturated carbocycles. The van der Waals surface area contributed by atoms with Crippen LogP contribution in [0, 0.1) is 0 Å². The van der Waals surface area contributed by atoms with E-state index in [1.165, 1.54) is 0 Å². The van der Waals surface area contributed by atoms with Crippen LogP contribution in [0.15, 0.2) is 28.8 Å². The van der Waals surface area contributed by atoms with Gasteiger partial charge in [0.2, 0.25) is 0 Å². The number of amides is 1. The fraction of sp³-hybridized carbons (Fsp3) is 0.444. The van der Waals surface area contributed by atoms with E-state index in [1.807, 2.05) is 0 Å². The first-order chi connectivity index (χ1) is 12.6. The zero-order chi connectivity index (χ0) is 18.5. The number of piperidine rings is 1. The number of likely N-dealkylation sites (tertiary alicyclic amines) is 1. The van der Waals surface area contributed by atoms with Gasteiger partial charge in [-0.05, 0) is 31.4 Å². The van der Waals surface area contributed by atoms with E-state index in [0.717, 1.165) is 19.3 Å². The molecule has 0 aliphatic carbocycles. The highest BCUT2D eigenvalue weighted by molar-refractivity contribution is 6.32. The van der Waals surface area contributed by atoms with Crippen LogP contribution in [0.1, 0.15) is 35.5 Å². The number of benzene rings is 1. The van der Waals surface area contributed by atoms with Gasteiger partial charge in [-0.1, -0.05) is 16.8 Å². The molecule has 1 amide bonds. The second kappa shape index (κ2) is 8.42. The molecule has 0 unspecified atom stereocenters. The summed E-state index contributed by atoms with van der Waals surface area (Å²) in [5, 5.41) is 13.7. The maximum absolute atomic E-state index is 12.6. The molecule has 26 heavy (non-hydrogen) atoms. The Hall–Kier alpha value is -2.25. The molecule has 0 radical (unpaired) electrons. The van der Waals surface area contributed by atoms with Gasteiger partial charge in [-0.2, -0.15) is 0 Å². The smallest absolute Gasteiger partial charge is 0.276 e. The zero-order valence-electron chi connectivity index (χ0n) is 14.5. The molecular formula is C18H21ClN2O5. The number of aliphatic hydroxyl groups is 1. The minimum atomic E-state index is -0.235. The number of nitrogens with zero attached hydrogens (tertiary/aromatic N) is 2. The Kier molecular flexibility index (Phi) is 6.00. The van der Waals surface area contributed by atoms with Gasteiger partial charge in [-0.25, -0.2) is 0 Å². The second-order valence-corrected chi connectivity index (χ2v) is 6.50. The number of ether oxygens (including phenoxy) is 2. The van der Waals surface area contributed by atoms with Crippen LogP contribution in [0.4, 0.5) is 0 Å². The van der Waals surface area contributed by atoms with E-state index in [0.29, 0.717) is 28.8 Å². The highest BCUT2D eigenvalue weighted by Gasteiger charge is 2.28. The van der Waals surface area contributed by atoms with Gasteiger partial charge in [0.15, 0.2) is 11.5 Å². The van der Waals surface area contributed by atoms with Crippen LogP contribution in [0.25, 0.3) is 0 Å². The number of hydrogen-bond donors (Lipinski definition) is 1. The molecule has 8 heteroatoms. The maximum atomic E-state index is 12.6. The summed E-state index contributed by atoms with van der Waals surface area (Å²) in [5.41, 5.74) is 0.213. The molecule has 0 bridgehead atoms. The highest BCUT2D eigenvalue weighted by atomic mass is 35.5. The average Bonchev–Trinajstić information content (AvgIpc) is 3.15. The standard InChI is InChI=1S/C18H21ClN2O5/c1-24-13-5-6-17(15(19)8-13)25-11-14-9-16(20-26-14)18(23)21-7-3-2-4-12(21)10-22/h5-6,8-9,12,22H,2-4,7,10-11H2,1H3/t12-/m1/s1. The highest BCUT2D eigenvalue weighted by Crippen LogP contribution is 2.29. The van der Waals surface area contributed by atoms with Crippen molar-refractivity contribution in [3.8, 4) is 11.5 Å². The van der Waals surface area contributed by atoms with Crippen LogP contribution in [-0.2, 0) is 6.61 Å². The third kappa shape index (κ3) is 4.11. The molecule has 1 aromatic heterocycles. The molecule has 140 valence electrons. The van der Waals surface area contributed by atoms with Gasteiger partial charge in [-0.15, -0.1) is 0 Å². The van der Waals surface area contributed by atoms with Gasteiger partial charge in [-0.3, -0.25) is 4.79 Å². The maximum Gasteiger partial charge on any atom is 0.276 e. The summed E-state index contributed by atoms with van der Waals surface area (Å²) < 4.78 is 15.9. The molecule has 1 atom stereocenters. The summed E-state index contributed by atoms with van der Waals surface area (Å²) in [6.45, 7) is 0.662. The molecule has 1 N–H and O–H groups in total. The van der Waals surface area contributed by atoms with Crippen LogP contribution in [0.2, 0.25) is 5.02 Å². The first kappa shape index (κ1) is 18.5. The van der Waals surface area contributed by atoms with E-state index >= 15 is 0 Å². The van der Waals surface area contributed by atoms with Crippen LogP contribution < -0.4 is 9.47 Å². The third-order valence-corrected chi connectivity index (χ3v) is 4.68. The van der Waals surface area contributed by atoms with Crippen molar-refractivity contribution in [3.63, 3.8) is 0 Å². The van der Waals surface area contributed by atoms with Crippen molar-refractivity contribution < 1.29 is 23.9 Å². The van der Waals surface area contributed by atoms with Gasteiger partial charge >= 0.3 is 0 Å². The van der Waals surface area contributed by atoms with Crippen LogP contribution >= 0.6 is 11.6 Å². The van der Waals surface area contributed by atoms with Gasteiger partial charge < -0.3 is 24.0 Å². The van der Waals surface area contributed by atoms with Crippen LogP contribution in [-0.4, -0.2) is 47.4 Å². The van der Waals surface area contributed by atoms with E-state index in [1.54, 1.807) is 36.3 Å². The van der Waals surface area contributed by atoms with Crippen LogP contribution in [0.5, 0.6) is 11.5 Å². The number of aromatic nitrogens is 1. The van der Waals surface area contributed by atoms with E-state index in [2.05, 4.69) is 5.16 Å². The van der Waals surface area contributed by atoms with Gasteiger partial charge in [0.05, 0.1) is 24.8 Å². The summed E-state index contributed by atoms with van der Waals surface area (Å²) in [6.07, 6.45) is 2.73. The summed E-state index contributed by atoms with van der Waals surface area (Å²) in [6, 6.07) is 6.48. The average molecular weight is 381 g/mol. The second-order valence-electron chi connectivity index (χ2n) is 6.09. The Morgan fingerprint density at radius 2 is 2.27 bits per heavy atom. The van der Waals surface area contributed by atoms with E-state index in [4.69, 9.17) is 25.6 Å². The quantitative estimate of drug-likeness (QED) is 0.829. The fourth-order valence-corrected chi connectivity index (χ4v) is 3.19. The number of halogens is 1. The fourth-order valence-electron chi connectivity index (χ4n) is 2.96. The minimum absolute atomic E-state index is 0.0461. The molecule has 2 aromatic rings. The predicted molar refractivity (Wildman–Crippen MR) is 94.6 cm³/mol. The van der Waals surface area contributed by atoms with E-state index in [9.17, 15) is 9.90 Å². The van der Waals surface area contributed by atoms with Crippen molar-refractivity contribution in [2.24, 2.45) is 0 Å². The molecule has 7 nitrogen and oxygen atoms in total. The summed E-state index contributed by atoms with van der Waals surface area (Å²) in [5.74, 6) is 1.29. The van der Waals surface area contributed by atoms with Crippen molar-refractivity contribution in [2.75, 3.05) is 20.3 Å². The zero-order valence-corrected chi connectivity index (χ0v) is 15.2. The topological polar surface area (TPSA) is 85.0 Å². The lowest BCUT2D eigenvalue weighted by Gasteiger charge is -2.33. The lowest BCUT2D eigenvalue weighted by molar-refractivity contribution is 0.0493. The largest absolute Gasteiger partial charge is 0.497 e. The number of rotatable bonds is 6. The molecule has 2 heterocycles. The monoisotopic (exact) mass is 380 g/mol. The molecule has 1 fully saturated rings. The lowest BCUT2D eigenvalue weighted by atomic mass is 10.0. The minimum Gasteiger partial charge on any atom is -0.497 e. The summed E-state index contributed by atoms with van der Waals surface area (Å²) >= 11 is 6.13. The normalized spacial score (nSPS) is 17.2. The molecule has 3 rings (SSSR count). The van der Waals surface area contributed by atoms with Crippen molar-refractivity contribution >= 4 is 17.5 Å². The molecule has 1 aliphatic heterocycles. The summed E-state index contributed by atoms with van der Waals surface area (Å²) in [7, 11) is 1.56. The number of aliphatic hydroxyl groups excluding tert-OH is 1. The Morgan fingerprint density at radius 1 is 1.42 bits per heavy atom. The first-order valence-corrected chi connectivity index (χ1v) is 8.84. The molecular weight excluding hydrogens is 360 g/mol. The number of carbonyl (C=O) groups is 1. The predicted octanol–water partition coefficient (Wildman–Crippen LogP) is 2.90. The van der Waals surface area contributed by atoms with Crippen molar-refractivity contribution in [3.05, 3.63) is 40.7 Å². The number of hydrogen-bond acceptors (Lipinski definition) is 6.